The topological polar surface area (TPSA) is 62.8 Å². The van der Waals surface area contributed by atoms with Crippen LogP contribution in [0.1, 0.15) is 11.4 Å². The lowest BCUT2D eigenvalue weighted by molar-refractivity contribution is 0.415. The minimum absolute atomic E-state index is 0.578. The molecule has 1 heterocycles. The van der Waals surface area contributed by atoms with E-state index >= 15 is 0 Å². The molecular formula is C11H13ClN4O. The molecule has 2 aromatic rings. The second-order valence-corrected chi connectivity index (χ2v) is 3.97. The number of halogens is 1. The molecule has 0 unspecified atom stereocenters. The Morgan fingerprint density at radius 3 is 2.88 bits per heavy atom. The summed E-state index contributed by atoms with van der Waals surface area (Å²) in [5.74, 6) is 2.03. The minimum Gasteiger partial charge on any atom is -0.495 e. The molecule has 0 aliphatic carbocycles. The van der Waals surface area contributed by atoms with Crippen LogP contribution in [0, 0.1) is 6.92 Å². The van der Waals surface area contributed by atoms with Gasteiger partial charge in [0.2, 0.25) is 5.95 Å². The number of hydrogen-bond acceptors (Lipinski definition) is 4. The highest BCUT2D eigenvalue weighted by atomic mass is 35.5. The third-order valence-electron chi connectivity index (χ3n) is 2.26. The molecule has 0 saturated carbocycles. The van der Waals surface area contributed by atoms with Crippen LogP contribution in [0.4, 0.5) is 5.95 Å². The van der Waals surface area contributed by atoms with Crippen LogP contribution in [0.15, 0.2) is 18.2 Å². The summed E-state index contributed by atoms with van der Waals surface area (Å²) < 4.78 is 5.08. The largest absolute Gasteiger partial charge is 0.495 e. The zero-order chi connectivity index (χ0) is 12.3. The monoisotopic (exact) mass is 252 g/mol. The standard InChI is InChI=1S/C11H13ClN4O/c1-7-14-11(16-15-7)13-6-8-3-4-10(17-2)9(12)5-8/h3-5H,6H2,1-2H3,(H2,13,14,15,16). The number of hydrogen-bond donors (Lipinski definition) is 2. The van der Waals surface area contributed by atoms with Gasteiger partial charge in [-0.15, -0.1) is 5.10 Å². The summed E-state index contributed by atoms with van der Waals surface area (Å²) in [5.41, 5.74) is 1.04. The van der Waals surface area contributed by atoms with Gasteiger partial charge in [-0.25, -0.2) is 0 Å². The van der Waals surface area contributed by atoms with Crippen molar-refractivity contribution in [3.8, 4) is 5.75 Å². The molecule has 0 radical (unpaired) electrons. The third kappa shape index (κ3) is 2.88. The molecule has 0 atom stereocenters. The van der Waals surface area contributed by atoms with E-state index in [-0.39, 0.29) is 0 Å². The van der Waals surface area contributed by atoms with Crippen LogP contribution in [0.3, 0.4) is 0 Å². The average molecular weight is 253 g/mol. The van der Waals surface area contributed by atoms with Crippen LogP contribution in [0.5, 0.6) is 5.75 Å². The molecule has 1 aromatic heterocycles. The molecule has 0 bridgehead atoms. The van der Waals surface area contributed by atoms with E-state index in [0.717, 1.165) is 11.4 Å². The van der Waals surface area contributed by atoms with E-state index < -0.39 is 0 Å². The Morgan fingerprint density at radius 2 is 2.29 bits per heavy atom. The first kappa shape index (κ1) is 11.7. The zero-order valence-electron chi connectivity index (χ0n) is 9.62. The molecule has 0 saturated heterocycles. The van der Waals surface area contributed by atoms with E-state index in [1.54, 1.807) is 7.11 Å². The molecule has 17 heavy (non-hydrogen) atoms. The smallest absolute Gasteiger partial charge is 0.242 e. The highest BCUT2D eigenvalue weighted by Crippen LogP contribution is 2.25. The van der Waals surface area contributed by atoms with Crippen LogP contribution in [0.25, 0.3) is 0 Å². The van der Waals surface area contributed by atoms with Crippen molar-refractivity contribution < 1.29 is 4.74 Å². The van der Waals surface area contributed by atoms with E-state index in [1.165, 1.54) is 0 Å². The van der Waals surface area contributed by atoms with Gasteiger partial charge in [0, 0.05) is 6.54 Å². The SMILES string of the molecule is COc1ccc(CNc2n[nH]c(C)n2)cc1Cl. The van der Waals surface area contributed by atoms with Gasteiger partial charge >= 0.3 is 0 Å². The first-order valence-electron chi connectivity index (χ1n) is 5.14. The maximum absolute atomic E-state index is 6.03. The van der Waals surface area contributed by atoms with E-state index in [2.05, 4.69) is 20.5 Å². The molecule has 0 aliphatic rings. The van der Waals surface area contributed by atoms with Crippen LogP contribution in [-0.2, 0) is 6.54 Å². The number of aromatic nitrogens is 3. The fourth-order valence-corrected chi connectivity index (χ4v) is 1.70. The normalized spacial score (nSPS) is 10.3. The molecule has 0 amide bonds. The lowest BCUT2D eigenvalue weighted by Gasteiger charge is -2.06. The van der Waals surface area contributed by atoms with Crippen LogP contribution in [-0.4, -0.2) is 22.3 Å². The second-order valence-electron chi connectivity index (χ2n) is 3.57. The number of rotatable bonds is 4. The lowest BCUT2D eigenvalue weighted by Crippen LogP contribution is -2.01. The molecule has 0 spiro atoms. The van der Waals surface area contributed by atoms with Crippen molar-refractivity contribution >= 4 is 17.5 Å². The van der Waals surface area contributed by atoms with Gasteiger partial charge in [-0.3, -0.25) is 5.10 Å². The molecule has 1 aromatic carbocycles. The molecule has 0 fully saturated rings. The number of aryl methyl sites for hydroxylation is 1. The number of nitrogens with zero attached hydrogens (tertiary/aromatic N) is 2. The molecule has 0 aliphatic heterocycles. The molecule has 2 rings (SSSR count). The van der Waals surface area contributed by atoms with E-state index in [9.17, 15) is 0 Å². The van der Waals surface area contributed by atoms with Gasteiger partial charge in [0.15, 0.2) is 0 Å². The van der Waals surface area contributed by atoms with Gasteiger partial charge in [-0.05, 0) is 24.6 Å². The van der Waals surface area contributed by atoms with Gasteiger partial charge in [-0.2, -0.15) is 4.98 Å². The quantitative estimate of drug-likeness (QED) is 0.877. The highest BCUT2D eigenvalue weighted by molar-refractivity contribution is 6.32. The Hall–Kier alpha value is -1.75. The number of H-pyrrole nitrogens is 1. The molecule has 5 nitrogen and oxygen atoms in total. The number of methoxy groups -OCH3 is 1. The summed E-state index contributed by atoms with van der Waals surface area (Å²) in [5, 5.41) is 10.4. The van der Waals surface area contributed by atoms with Gasteiger partial charge in [0.05, 0.1) is 12.1 Å². The predicted octanol–water partition coefficient (Wildman–Crippen LogP) is 2.39. The zero-order valence-corrected chi connectivity index (χ0v) is 10.4. The first-order chi connectivity index (χ1) is 8.19. The Labute approximate surface area is 104 Å². The Bertz CT molecular complexity index is 512. The summed E-state index contributed by atoms with van der Waals surface area (Å²) in [4.78, 5) is 4.15. The number of ether oxygens (including phenoxy) is 1. The van der Waals surface area contributed by atoms with Crippen molar-refractivity contribution in [3.05, 3.63) is 34.6 Å². The van der Waals surface area contributed by atoms with Crippen molar-refractivity contribution in [2.24, 2.45) is 0 Å². The van der Waals surface area contributed by atoms with Crippen LogP contribution in [0.2, 0.25) is 5.02 Å². The van der Waals surface area contributed by atoms with E-state index in [4.69, 9.17) is 16.3 Å². The fraction of sp³-hybridized carbons (Fsp3) is 0.273. The van der Waals surface area contributed by atoms with Gasteiger partial charge < -0.3 is 10.1 Å². The van der Waals surface area contributed by atoms with Crippen molar-refractivity contribution in [2.45, 2.75) is 13.5 Å². The van der Waals surface area contributed by atoms with Crippen molar-refractivity contribution in [3.63, 3.8) is 0 Å². The fourth-order valence-electron chi connectivity index (χ4n) is 1.42. The average Bonchev–Trinajstić information content (AvgIpc) is 2.73. The molecular weight excluding hydrogens is 240 g/mol. The van der Waals surface area contributed by atoms with Crippen molar-refractivity contribution in [1.82, 2.24) is 15.2 Å². The van der Waals surface area contributed by atoms with E-state index in [1.807, 2.05) is 25.1 Å². The van der Waals surface area contributed by atoms with Gasteiger partial charge in [0.1, 0.15) is 11.6 Å². The lowest BCUT2D eigenvalue weighted by atomic mass is 10.2. The number of aromatic amines is 1. The summed E-state index contributed by atoms with van der Waals surface area (Å²) in [6.45, 7) is 2.46. The maximum atomic E-state index is 6.03. The third-order valence-corrected chi connectivity index (χ3v) is 2.56. The van der Waals surface area contributed by atoms with Crippen LogP contribution >= 0.6 is 11.6 Å². The highest BCUT2D eigenvalue weighted by Gasteiger charge is 2.03. The summed E-state index contributed by atoms with van der Waals surface area (Å²) in [6.07, 6.45) is 0. The predicted molar refractivity (Wildman–Crippen MR) is 66.5 cm³/mol. The molecule has 90 valence electrons. The number of anilines is 1. The van der Waals surface area contributed by atoms with E-state index in [0.29, 0.717) is 23.3 Å². The Balaban J connectivity index is 2.02. The minimum atomic E-state index is 0.578. The Kier molecular flexibility index (Phi) is 3.49. The van der Waals surface area contributed by atoms with Gasteiger partial charge in [0.25, 0.3) is 0 Å². The molecule has 6 heteroatoms. The summed E-state index contributed by atoms with van der Waals surface area (Å²) in [7, 11) is 1.59. The molecule has 2 N–H and O–H groups in total. The summed E-state index contributed by atoms with van der Waals surface area (Å²) >= 11 is 6.03. The maximum Gasteiger partial charge on any atom is 0.242 e. The van der Waals surface area contributed by atoms with Crippen LogP contribution < -0.4 is 10.1 Å². The first-order valence-corrected chi connectivity index (χ1v) is 5.52. The van der Waals surface area contributed by atoms with Crippen molar-refractivity contribution in [2.75, 3.05) is 12.4 Å². The second kappa shape index (κ2) is 5.05. The summed E-state index contributed by atoms with van der Waals surface area (Å²) in [6, 6.07) is 5.63. The Morgan fingerprint density at radius 1 is 1.47 bits per heavy atom. The number of benzene rings is 1. The number of nitrogens with one attached hydrogen (secondary N) is 2. The van der Waals surface area contributed by atoms with Crippen molar-refractivity contribution in [1.29, 1.82) is 0 Å². The van der Waals surface area contributed by atoms with Gasteiger partial charge in [-0.1, -0.05) is 17.7 Å².